The van der Waals surface area contributed by atoms with Gasteiger partial charge in [0.1, 0.15) is 10.7 Å². The number of likely N-dealkylation sites (tertiary alicyclic amines) is 1. The number of furan rings is 1. The molecule has 1 atom stereocenters. The van der Waals surface area contributed by atoms with E-state index in [1.54, 1.807) is 0 Å². The standard InChI is InChI=1S/C13H20N2O5S/c1-9(15-5-3-4-6-15)8-14-21(18,19)12-7-11(13(16)17)20-10(12)2/h7,9,14H,3-6,8H2,1-2H3,(H,16,17). The second-order valence-corrected chi connectivity index (χ2v) is 7.02. The van der Waals surface area contributed by atoms with Crippen LogP contribution < -0.4 is 4.72 Å². The Bertz CT molecular complexity index is 617. The van der Waals surface area contributed by atoms with Crippen LogP contribution in [0.3, 0.4) is 0 Å². The van der Waals surface area contributed by atoms with Crippen LogP contribution in [-0.2, 0) is 10.0 Å². The number of carboxylic acid groups (broad SMARTS) is 1. The molecular formula is C13H20N2O5S. The van der Waals surface area contributed by atoms with E-state index in [0.717, 1.165) is 32.0 Å². The van der Waals surface area contributed by atoms with E-state index in [1.165, 1.54) is 6.92 Å². The number of nitrogens with zero attached hydrogens (tertiary/aromatic N) is 1. The lowest BCUT2D eigenvalue weighted by molar-refractivity contribution is 0.0661. The lowest BCUT2D eigenvalue weighted by Gasteiger charge is -2.23. The minimum Gasteiger partial charge on any atom is -0.475 e. The van der Waals surface area contributed by atoms with Crippen molar-refractivity contribution in [1.29, 1.82) is 0 Å². The zero-order chi connectivity index (χ0) is 15.6. The lowest BCUT2D eigenvalue weighted by atomic mass is 10.3. The summed E-state index contributed by atoms with van der Waals surface area (Å²) in [6.45, 7) is 5.66. The van der Waals surface area contributed by atoms with Gasteiger partial charge in [-0.15, -0.1) is 0 Å². The summed E-state index contributed by atoms with van der Waals surface area (Å²) >= 11 is 0. The highest BCUT2D eigenvalue weighted by molar-refractivity contribution is 7.89. The van der Waals surface area contributed by atoms with E-state index < -0.39 is 16.0 Å². The summed E-state index contributed by atoms with van der Waals surface area (Å²) in [6, 6.07) is 1.15. The Hall–Kier alpha value is -1.38. The molecule has 2 heterocycles. The molecule has 0 aromatic carbocycles. The predicted molar refractivity (Wildman–Crippen MR) is 75.9 cm³/mol. The van der Waals surface area contributed by atoms with Gasteiger partial charge in [0.2, 0.25) is 15.8 Å². The van der Waals surface area contributed by atoms with E-state index in [0.29, 0.717) is 0 Å². The summed E-state index contributed by atoms with van der Waals surface area (Å²) in [7, 11) is -3.76. The van der Waals surface area contributed by atoms with Gasteiger partial charge in [-0.25, -0.2) is 17.9 Å². The van der Waals surface area contributed by atoms with Crippen molar-refractivity contribution >= 4 is 16.0 Å². The molecule has 1 unspecified atom stereocenters. The Morgan fingerprint density at radius 3 is 2.62 bits per heavy atom. The third-order valence-electron chi connectivity index (χ3n) is 3.71. The summed E-state index contributed by atoms with van der Waals surface area (Å²) < 4.78 is 31.9. The van der Waals surface area contributed by atoms with Gasteiger partial charge in [0.15, 0.2) is 0 Å². The van der Waals surface area contributed by atoms with E-state index in [4.69, 9.17) is 9.52 Å². The highest BCUT2D eigenvalue weighted by Crippen LogP contribution is 2.20. The fourth-order valence-electron chi connectivity index (χ4n) is 2.46. The molecule has 1 aromatic rings. The molecule has 8 heteroatoms. The maximum atomic E-state index is 12.2. The van der Waals surface area contributed by atoms with Crippen LogP contribution >= 0.6 is 0 Å². The first-order valence-electron chi connectivity index (χ1n) is 6.88. The van der Waals surface area contributed by atoms with Gasteiger partial charge in [-0.2, -0.15) is 0 Å². The number of rotatable bonds is 6. The minimum absolute atomic E-state index is 0.0775. The largest absolute Gasteiger partial charge is 0.475 e. The molecule has 0 aliphatic carbocycles. The molecule has 0 radical (unpaired) electrons. The van der Waals surface area contributed by atoms with Gasteiger partial charge in [0, 0.05) is 18.7 Å². The molecule has 21 heavy (non-hydrogen) atoms. The Morgan fingerprint density at radius 1 is 1.48 bits per heavy atom. The van der Waals surface area contributed by atoms with Gasteiger partial charge in [-0.3, -0.25) is 4.90 Å². The summed E-state index contributed by atoms with van der Waals surface area (Å²) in [5.41, 5.74) is 0. The molecule has 0 saturated carbocycles. The van der Waals surface area contributed by atoms with Crippen LogP contribution in [0.1, 0.15) is 36.1 Å². The average Bonchev–Trinajstić information content (AvgIpc) is 3.05. The Balaban J connectivity index is 2.06. The Kier molecular flexibility index (Phi) is 4.70. The third-order valence-corrected chi connectivity index (χ3v) is 5.24. The normalized spacial score (nSPS) is 18.0. The third kappa shape index (κ3) is 3.63. The zero-order valence-corrected chi connectivity index (χ0v) is 12.9. The highest BCUT2D eigenvalue weighted by atomic mass is 32.2. The van der Waals surface area contributed by atoms with Crippen LogP contribution in [0.25, 0.3) is 0 Å². The van der Waals surface area contributed by atoms with Crippen LogP contribution in [0.4, 0.5) is 0 Å². The predicted octanol–water partition coefficient (Wildman–Crippen LogP) is 1.05. The number of hydrogen-bond acceptors (Lipinski definition) is 5. The fraction of sp³-hybridized carbons (Fsp3) is 0.615. The van der Waals surface area contributed by atoms with Gasteiger partial charge in [-0.05, 0) is 39.8 Å². The quantitative estimate of drug-likeness (QED) is 0.813. The fourth-order valence-corrected chi connectivity index (χ4v) is 3.76. The van der Waals surface area contributed by atoms with Gasteiger partial charge < -0.3 is 9.52 Å². The van der Waals surface area contributed by atoms with Crippen LogP contribution in [0.15, 0.2) is 15.4 Å². The molecular weight excluding hydrogens is 296 g/mol. The van der Waals surface area contributed by atoms with Crippen molar-refractivity contribution in [1.82, 2.24) is 9.62 Å². The van der Waals surface area contributed by atoms with E-state index in [2.05, 4.69) is 9.62 Å². The average molecular weight is 316 g/mol. The van der Waals surface area contributed by atoms with Crippen LogP contribution in [-0.4, -0.2) is 50.1 Å². The van der Waals surface area contributed by atoms with Crippen molar-refractivity contribution in [3.8, 4) is 0 Å². The summed E-state index contributed by atoms with van der Waals surface area (Å²) in [5, 5.41) is 8.83. The molecule has 0 bridgehead atoms. The highest BCUT2D eigenvalue weighted by Gasteiger charge is 2.25. The van der Waals surface area contributed by atoms with Crippen LogP contribution in [0, 0.1) is 6.92 Å². The lowest BCUT2D eigenvalue weighted by Crippen LogP contribution is -2.40. The van der Waals surface area contributed by atoms with Crippen molar-refractivity contribution in [3.63, 3.8) is 0 Å². The van der Waals surface area contributed by atoms with Crippen molar-refractivity contribution in [2.24, 2.45) is 0 Å². The molecule has 2 rings (SSSR count). The summed E-state index contributed by atoms with van der Waals surface area (Å²) in [6.07, 6.45) is 2.28. The molecule has 0 amide bonds. The van der Waals surface area contributed by atoms with Gasteiger partial charge >= 0.3 is 5.97 Å². The monoisotopic (exact) mass is 316 g/mol. The number of hydrogen-bond donors (Lipinski definition) is 2. The van der Waals surface area contributed by atoms with Crippen molar-refractivity contribution in [2.75, 3.05) is 19.6 Å². The Morgan fingerprint density at radius 2 is 2.10 bits per heavy atom. The van der Waals surface area contributed by atoms with E-state index in [9.17, 15) is 13.2 Å². The van der Waals surface area contributed by atoms with Gasteiger partial charge in [-0.1, -0.05) is 0 Å². The zero-order valence-electron chi connectivity index (χ0n) is 12.1. The first-order chi connectivity index (χ1) is 9.81. The maximum Gasteiger partial charge on any atom is 0.371 e. The van der Waals surface area contributed by atoms with Crippen LogP contribution in [0.5, 0.6) is 0 Å². The number of carbonyl (C=O) groups is 1. The molecule has 0 spiro atoms. The second-order valence-electron chi connectivity index (χ2n) is 5.28. The van der Waals surface area contributed by atoms with Gasteiger partial charge in [0.05, 0.1) is 0 Å². The van der Waals surface area contributed by atoms with Crippen molar-refractivity contribution in [3.05, 3.63) is 17.6 Å². The SMILES string of the molecule is Cc1oc(C(=O)O)cc1S(=O)(=O)NCC(C)N1CCCC1. The maximum absolute atomic E-state index is 12.2. The molecule has 1 saturated heterocycles. The smallest absolute Gasteiger partial charge is 0.371 e. The molecule has 1 fully saturated rings. The Labute approximate surface area is 124 Å². The number of aryl methyl sites for hydroxylation is 1. The summed E-state index contributed by atoms with van der Waals surface area (Å²) in [4.78, 5) is 12.9. The summed E-state index contributed by atoms with van der Waals surface area (Å²) in [5.74, 6) is -1.58. The van der Waals surface area contributed by atoms with E-state index in [1.807, 2.05) is 6.92 Å². The number of carboxylic acids is 1. The first-order valence-corrected chi connectivity index (χ1v) is 8.37. The van der Waals surface area contributed by atoms with Crippen molar-refractivity contribution < 1.29 is 22.7 Å². The topological polar surface area (TPSA) is 99.8 Å². The number of nitrogens with one attached hydrogen (secondary N) is 1. The first kappa shape index (κ1) is 16.0. The molecule has 118 valence electrons. The molecule has 1 aromatic heterocycles. The van der Waals surface area contributed by atoms with E-state index >= 15 is 0 Å². The van der Waals surface area contributed by atoms with Crippen molar-refractivity contribution in [2.45, 2.75) is 37.6 Å². The minimum atomic E-state index is -3.76. The molecule has 1 aliphatic rings. The molecule has 2 N–H and O–H groups in total. The van der Waals surface area contributed by atoms with Crippen LogP contribution in [0.2, 0.25) is 0 Å². The molecule has 1 aliphatic heterocycles. The van der Waals surface area contributed by atoms with E-state index in [-0.39, 0.29) is 29.0 Å². The van der Waals surface area contributed by atoms with Gasteiger partial charge in [0.25, 0.3) is 0 Å². The molecule has 7 nitrogen and oxygen atoms in total. The number of aromatic carboxylic acids is 1. The number of sulfonamides is 1. The second kappa shape index (κ2) is 6.17.